The van der Waals surface area contributed by atoms with E-state index in [9.17, 15) is 9.59 Å². The average molecular weight is 460 g/mol. The summed E-state index contributed by atoms with van der Waals surface area (Å²) in [7, 11) is 0. The van der Waals surface area contributed by atoms with Crippen LogP contribution in [0.2, 0.25) is 0 Å². The van der Waals surface area contributed by atoms with Crippen LogP contribution in [0.4, 0.5) is 5.82 Å². The molecule has 4 rings (SSSR count). The van der Waals surface area contributed by atoms with E-state index in [4.69, 9.17) is 4.98 Å². The van der Waals surface area contributed by atoms with Crippen LogP contribution in [-0.2, 0) is 0 Å². The number of carbonyl (C=O) groups excluding carboxylic acids is 2. The molecule has 9 nitrogen and oxygen atoms in total. The van der Waals surface area contributed by atoms with Crippen molar-refractivity contribution >= 4 is 34.3 Å². The number of aromatic nitrogens is 4. The molecular formula is C25H29N7O2. The lowest BCUT2D eigenvalue weighted by Crippen LogP contribution is -2.30. The molecule has 4 aromatic rings. The second kappa shape index (κ2) is 10.3. The van der Waals surface area contributed by atoms with Gasteiger partial charge in [0.15, 0.2) is 5.82 Å². The molecule has 176 valence electrons. The van der Waals surface area contributed by atoms with Crippen molar-refractivity contribution in [3.63, 3.8) is 0 Å². The van der Waals surface area contributed by atoms with E-state index < -0.39 is 0 Å². The van der Waals surface area contributed by atoms with E-state index in [0.717, 1.165) is 24.2 Å². The van der Waals surface area contributed by atoms with E-state index in [2.05, 4.69) is 26.1 Å². The van der Waals surface area contributed by atoms with Crippen LogP contribution >= 0.6 is 0 Å². The summed E-state index contributed by atoms with van der Waals surface area (Å²) in [6.07, 6.45) is 1.66. The van der Waals surface area contributed by atoms with Crippen LogP contribution in [0.5, 0.6) is 0 Å². The molecule has 0 saturated carbocycles. The maximum absolute atomic E-state index is 12.5. The van der Waals surface area contributed by atoms with E-state index in [1.165, 1.54) is 0 Å². The monoisotopic (exact) mass is 459 g/mol. The van der Waals surface area contributed by atoms with Gasteiger partial charge in [-0.05, 0) is 63.9 Å². The van der Waals surface area contributed by atoms with Gasteiger partial charge in [-0.25, -0.2) is 4.98 Å². The third-order valence-corrected chi connectivity index (χ3v) is 5.38. The Morgan fingerprint density at radius 3 is 2.47 bits per heavy atom. The summed E-state index contributed by atoms with van der Waals surface area (Å²) in [4.78, 5) is 29.3. The van der Waals surface area contributed by atoms with E-state index >= 15 is 0 Å². The summed E-state index contributed by atoms with van der Waals surface area (Å²) in [5.74, 6) is 1.16. The van der Waals surface area contributed by atoms with Gasteiger partial charge in [0.1, 0.15) is 5.82 Å². The normalized spacial score (nSPS) is 11.2. The molecule has 2 heterocycles. The molecule has 2 amide bonds. The quantitative estimate of drug-likeness (QED) is 0.331. The topological polar surface area (TPSA) is 113 Å². The Balaban J connectivity index is 1.42. The van der Waals surface area contributed by atoms with E-state index in [1.807, 2.05) is 49.4 Å². The first-order valence-corrected chi connectivity index (χ1v) is 11.5. The van der Waals surface area contributed by atoms with Crippen molar-refractivity contribution in [1.82, 2.24) is 30.2 Å². The van der Waals surface area contributed by atoms with E-state index in [0.29, 0.717) is 41.2 Å². The van der Waals surface area contributed by atoms with Crippen LogP contribution in [0.25, 0.3) is 16.7 Å². The lowest BCUT2D eigenvalue weighted by atomic mass is 10.1. The van der Waals surface area contributed by atoms with Crippen LogP contribution < -0.4 is 16.0 Å². The highest BCUT2D eigenvalue weighted by atomic mass is 16.2. The number of unbranched alkanes of at least 4 members (excludes halogenated alkanes) is 1. The Hall–Kier alpha value is -4.01. The molecule has 0 aliphatic rings. The maximum atomic E-state index is 12.5. The van der Waals surface area contributed by atoms with Gasteiger partial charge in [-0.2, -0.15) is 0 Å². The summed E-state index contributed by atoms with van der Waals surface area (Å²) in [6, 6.07) is 14.7. The molecule has 34 heavy (non-hydrogen) atoms. The lowest BCUT2D eigenvalue weighted by Gasteiger charge is -2.12. The standard InChI is InChI=1S/C25H29N7O2/c1-16(2)28-25(34)19-11-12-21-20(15-19)29-22(23-31-30-17(3)32(21)23)26-13-7-8-14-27-24(33)18-9-5-4-6-10-18/h4-6,9-12,15-16H,7-8,13-14H2,1-3H3,(H,26,29)(H,27,33)(H,28,34). The lowest BCUT2D eigenvalue weighted by molar-refractivity contribution is 0.0938. The van der Waals surface area contributed by atoms with E-state index in [-0.39, 0.29) is 17.9 Å². The Bertz CT molecular complexity index is 1320. The third kappa shape index (κ3) is 5.14. The number of hydrogen-bond acceptors (Lipinski definition) is 6. The predicted molar refractivity (Wildman–Crippen MR) is 132 cm³/mol. The number of anilines is 1. The minimum Gasteiger partial charge on any atom is -0.367 e. The summed E-state index contributed by atoms with van der Waals surface area (Å²) >= 11 is 0. The largest absolute Gasteiger partial charge is 0.367 e. The molecular weight excluding hydrogens is 430 g/mol. The van der Waals surface area contributed by atoms with Gasteiger partial charge in [0.25, 0.3) is 11.8 Å². The number of nitrogens with one attached hydrogen (secondary N) is 3. The first-order valence-electron chi connectivity index (χ1n) is 11.5. The molecule has 0 radical (unpaired) electrons. The van der Waals surface area contributed by atoms with Gasteiger partial charge >= 0.3 is 0 Å². The van der Waals surface area contributed by atoms with Crippen LogP contribution in [-0.4, -0.2) is 50.5 Å². The number of aryl methyl sites for hydroxylation is 1. The molecule has 0 atom stereocenters. The minimum absolute atomic E-state index is 0.0495. The van der Waals surface area contributed by atoms with Crippen molar-refractivity contribution in [2.45, 2.75) is 39.7 Å². The zero-order chi connectivity index (χ0) is 24.1. The number of amides is 2. The van der Waals surface area contributed by atoms with Gasteiger partial charge in [-0.15, -0.1) is 10.2 Å². The fraction of sp³-hybridized carbons (Fsp3) is 0.320. The molecule has 0 unspecified atom stereocenters. The fourth-order valence-electron chi connectivity index (χ4n) is 3.73. The third-order valence-electron chi connectivity index (χ3n) is 5.38. The van der Waals surface area contributed by atoms with Gasteiger partial charge in [-0.3, -0.25) is 14.0 Å². The highest BCUT2D eigenvalue weighted by molar-refractivity contribution is 5.98. The molecule has 0 aliphatic carbocycles. The number of benzene rings is 2. The second-order valence-corrected chi connectivity index (χ2v) is 8.45. The van der Waals surface area contributed by atoms with Gasteiger partial charge in [0, 0.05) is 30.3 Å². The van der Waals surface area contributed by atoms with Crippen LogP contribution in [0.15, 0.2) is 48.5 Å². The SMILES string of the molecule is Cc1nnc2c(NCCCCNC(=O)c3ccccc3)nc3cc(C(=O)NC(C)C)ccc3n12. The zero-order valence-corrected chi connectivity index (χ0v) is 19.6. The van der Waals surface area contributed by atoms with Crippen LogP contribution in [0, 0.1) is 6.92 Å². The van der Waals surface area contributed by atoms with Crippen molar-refractivity contribution in [1.29, 1.82) is 0 Å². The fourth-order valence-corrected chi connectivity index (χ4v) is 3.73. The molecule has 2 aromatic heterocycles. The van der Waals surface area contributed by atoms with Gasteiger partial charge < -0.3 is 16.0 Å². The number of rotatable bonds is 9. The van der Waals surface area contributed by atoms with Crippen molar-refractivity contribution in [3.8, 4) is 0 Å². The zero-order valence-electron chi connectivity index (χ0n) is 19.6. The van der Waals surface area contributed by atoms with Gasteiger partial charge in [-0.1, -0.05) is 18.2 Å². The summed E-state index contributed by atoms with van der Waals surface area (Å²) in [5.41, 5.74) is 3.38. The minimum atomic E-state index is -0.133. The molecule has 0 fully saturated rings. The Labute approximate surface area is 198 Å². The first-order chi connectivity index (χ1) is 16.4. The highest BCUT2D eigenvalue weighted by Crippen LogP contribution is 2.23. The van der Waals surface area contributed by atoms with Gasteiger partial charge in [0.2, 0.25) is 5.65 Å². The molecule has 2 aromatic carbocycles. The molecule has 0 spiro atoms. The Morgan fingerprint density at radius 2 is 1.71 bits per heavy atom. The number of nitrogens with zero attached hydrogens (tertiary/aromatic N) is 4. The molecule has 3 N–H and O–H groups in total. The first kappa shape index (κ1) is 23.2. The number of carbonyl (C=O) groups is 2. The van der Waals surface area contributed by atoms with Crippen LogP contribution in [0.3, 0.4) is 0 Å². The van der Waals surface area contributed by atoms with Gasteiger partial charge in [0.05, 0.1) is 11.0 Å². The predicted octanol–water partition coefficient (Wildman–Crippen LogP) is 3.35. The van der Waals surface area contributed by atoms with Crippen molar-refractivity contribution in [2.24, 2.45) is 0 Å². The molecule has 9 heteroatoms. The summed E-state index contributed by atoms with van der Waals surface area (Å²) in [5, 5.41) is 17.7. The molecule has 0 aliphatic heterocycles. The Kier molecular flexibility index (Phi) is 7.01. The smallest absolute Gasteiger partial charge is 0.251 e. The summed E-state index contributed by atoms with van der Waals surface area (Å²) < 4.78 is 1.94. The van der Waals surface area contributed by atoms with Crippen molar-refractivity contribution in [3.05, 3.63) is 65.5 Å². The van der Waals surface area contributed by atoms with E-state index in [1.54, 1.807) is 24.3 Å². The number of hydrogen-bond donors (Lipinski definition) is 3. The maximum Gasteiger partial charge on any atom is 0.251 e. The Morgan fingerprint density at radius 1 is 0.941 bits per heavy atom. The molecule has 0 bridgehead atoms. The summed E-state index contributed by atoms with van der Waals surface area (Å²) in [6.45, 7) is 6.99. The van der Waals surface area contributed by atoms with Crippen molar-refractivity contribution in [2.75, 3.05) is 18.4 Å². The second-order valence-electron chi connectivity index (χ2n) is 8.45. The number of fused-ring (bicyclic) bond motifs is 3. The molecule has 0 saturated heterocycles. The van der Waals surface area contributed by atoms with Crippen LogP contribution in [0.1, 0.15) is 53.2 Å². The highest BCUT2D eigenvalue weighted by Gasteiger charge is 2.15. The average Bonchev–Trinajstić information content (AvgIpc) is 3.22. The van der Waals surface area contributed by atoms with Crippen molar-refractivity contribution < 1.29 is 9.59 Å².